The molecule has 0 aromatic heterocycles. The first kappa shape index (κ1) is 20.2. The second kappa shape index (κ2) is 7.86. The Balaban J connectivity index is 1.76. The Bertz CT molecular complexity index is 857. The van der Waals surface area contributed by atoms with Gasteiger partial charge in [-0.3, -0.25) is 4.79 Å². The molecule has 0 aliphatic carbocycles. The number of ether oxygens (including phenoxy) is 2. The van der Waals surface area contributed by atoms with Crippen LogP contribution in [0.5, 0.6) is 11.5 Å². The van der Waals surface area contributed by atoms with Gasteiger partial charge in [-0.1, -0.05) is 44.2 Å². The number of aryl methyl sites for hydroxylation is 1. The van der Waals surface area contributed by atoms with Crippen molar-refractivity contribution in [3.63, 3.8) is 0 Å². The van der Waals surface area contributed by atoms with E-state index in [1.165, 1.54) is 0 Å². The van der Waals surface area contributed by atoms with Crippen LogP contribution in [0.15, 0.2) is 42.5 Å². The minimum atomic E-state index is -0.584. The molecule has 2 aromatic carbocycles. The molecule has 0 saturated carbocycles. The highest BCUT2D eigenvalue weighted by Gasteiger charge is 2.35. The molecule has 1 amide bonds. The van der Waals surface area contributed by atoms with E-state index in [4.69, 9.17) is 9.47 Å². The standard InChI is InChI=1S/C24H31NO3/c1-15(2)18-9-7-8-10-21(18)27-17(4)23(26)25-20-14-24(5,6)28-22-13-16(3)11-12-19(20)22/h7-13,15,17,20H,14H2,1-6H3,(H,25,26). The van der Waals surface area contributed by atoms with Gasteiger partial charge in [0.1, 0.15) is 17.1 Å². The number of rotatable bonds is 5. The van der Waals surface area contributed by atoms with Gasteiger partial charge in [-0.15, -0.1) is 0 Å². The minimum absolute atomic E-state index is 0.0988. The van der Waals surface area contributed by atoms with E-state index in [1.807, 2.05) is 43.3 Å². The maximum Gasteiger partial charge on any atom is 0.261 e. The van der Waals surface area contributed by atoms with Crippen molar-refractivity contribution in [2.75, 3.05) is 0 Å². The maximum absolute atomic E-state index is 12.9. The van der Waals surface area contributed by atoms with Crippen LogP contribution in [0.1, 0.15) is 69.7 Å². The van der Waals surface area contributed by atoms with Crippen LogP contribution in [0.25, 0.3) is 0 Å². The monoisotopic (exact) mass is 381 g/mol. The van der Waals surface area contributed by atoms with Gasteiger partial charge in [0, 0.05) is 12.0 Å². The summed E-state index contributed by atoms with van der Waals surface area (Å²) in [5, 5.41) is 3.17. The molecule has 28 heavy (non-hydrogen) atoms. The molecule has 1 N–H and O–H groups in total. The van der Waals surface area contributed by atoms with Gasteiger partial charge in [0.25, 0.3) is 5.91 Å². The van der Waals surface area contributed by atoms with Crippen molar-refractivity contribution >= 4 is 5.91 Å². The number of hydrogen-bond acceptors (Lipinski definition) is 3. The molecule has 0 radical (unpaired) electrons. The van der Waals surface area contributed by atoms with Crippen molar-refractivity contribution < 1.29 is 14.3 Å². The maximum atomic E-state index is 12.9. The molecule has 150 valence electrons. The first-order valence-electron chi connectivity index (χ1n) is 10.0. The predicted molar refractivity (Wildman–Crippen MR) is 112 cm³/mol. The predicted octanol–water partition coefficient (Wildman–Crippen LogP) is 5.30. The highest BCUT2D eigenvalue weighted by molar-refractivity contribution is 5.81. The van der Waals surface area contributed by atoms with Gasteiger partial charge in [0.2, 0.25) is 0 Å². The van der Waals surface area contributed by atoms with Gasteiger partial charge in [-0.2, -0.15) is 0 Å². The van der Waals surface area contributed by atoms with Gasteiger partial charge >= 0.3 is 0 Å². The molecule has 3 rings (SSSR count). The van der Waals surface area contributed by atoms with Crippen LogP contribution in [0, 0.1) is 6.92 Å². The third-order valence-electron chi connectivity index (χ3n) is 5.16. The fourth-order valence-electron chi connectivity index (χ4n) is 3.69. The van der Waals surface area contributed by atoms with Gasteiger partial charge in [-0.25, -0.2) is 0 Å². The second-order valence-electron chi connectivity index (χ2n) is 8.62. The average Bonchev–Trinajstić information content (AvgIpc) is 2.60. The summed E-state index contributed by atoms with van der Waals surface area (Å²) in [6.07, 6.45) is 0.129. The van der Waals surface area contributed by atoms with E-state index in [0.717, 1.165) is 28.2 Å². The average molecular weight is 382 g/mol. The fraction of sp³-hybridized carbons (Fsp3) is 0.458. The number of para-hydroxylation sites is 1. The van der Waals surface area contributed by atoms with E-state index in [1.54, 1.807) is 6.92 Å². The molecule has 4 heteroatoms. The summed E-state index contributed by atoms with van der Waals surface area (Å²) in [7, 11) is 0. The largest absolute Gasteiger partial charge is 0.487 e. The van der Waals surface area contributed by atoms with Crippen molar-refractivity contribution in [3.05, 3.63) is 59.2 Å². The zero-order valence-corrected chi connectivity index (χ0v) is 17.7. The Hall–Kier alpha value is -2.49. The lowest BCUT2D eigenvalue weighted by Crippen LogP contribution is -2.44. The number of hydrogen-bond donors (Lipinski definition) is 1. The SMILES string of the molecule is Cc1ccc2c(c1)OC(C)(C)CC2NC(=O)C(C)Oc1ccccc1C(C)C. The summed E-state index contributed by atoms with van der Waals surface area (Å²) < 4.78 is 12.2. The van der Waals surface area contributed by atoms with Crippen molar-refractivity contribution in [1.82, 2.24) is 5.32 Å². The lowest BCUT2D eigenvalue weighted by molar-refractivity contribution is -0.128. The van der Waals surface area contributed by atoms with Gasteiger partial charge < -0.3 is 14.8 Å². The minimum Gasteiger partial charge on any atom is -0.487 e. The topological polar surface area (TPSA) is 47.6 Å². The first-order chi connectivity index (χ1) is 13.2. The molecule has 1 aliphatic heterocycles. The molecule has 0 spiro atoms. The number of amides is 1. The zero-order chi connectivity index (χ0) is 20.5. The van der Waals surface area contributed by atoms with Crippen LogP contribution < -0.4 is 14.8 Å². The quantitative estimate of drug-likeness (QED) is 0.764. The van der Waals surface area contributed by atoms with Crippen molar-refractivity contribution in [2.45, 2.75) is 71.6 Å². The summed E-state index contributed by atoms with van der Waals surface area (Å²) >= 11 is 0. The summed E-state index contributed by atoms with van der Waals surface area (Å²) in [4.78, 5) is 12.9. The molecule has 1 heterocycles. The molecule has 4 nitrogen and oxygen atoms in total. The molecule has 1 aliphatic rings. The normalized spacial score (nSPS) is 18.8. The Morgan fingerprint density at radius 2 is 1.89 bits per heavy atom. The highest BCUT2D eigenvalue weighted by Crippen LogP contribution is 2.40. The van der Waals surface area contributed by atoms with Crippen LogP contribution in [-0.4, -0.2) is 17.6 Å². The number of fused-ring (bicyclic) bond motifs is 1. The molecule has 0 saturated heterocycles. The first-order valence-corrected chi connectivity index (χ1v) is 10.0. The fourth-order valence-corrected chi connectivity index (χ4v) is 3.69. The second-order valence-corrected chi connectivity index (χ2v) is 8.62. The van der Waals surface area contributed by atoms with Crippen molar-refractivity contribution in [3.8, 4) is 11.5 Å². The van der Waals surface area contributed by atoms with E-state index in [0.29, 0.717) is 12.3 Å². The third kappa shape index (κ3) is 4.49. The smallest absolute Gasteiger partial charge is 0.261 e. The Morgan fingerprint density at radius 1 is 1.18 bits per heavy atom. The molecule has 2 aromatic rings. The molecule has 0 fully saturated rings. The van der Waals surface area contributed by atoms with E-state index >= 15 is 0 Å². The molecule has 2 atom stereocenters. The Morgan fingerprint density at radius 3 is 2.61 bits per heavy atom. The van der Waals surface area contributed by atoms with Gasteiger partial charge in [-0.05, 0) is 56.9 Å². The molecular weight excluding hydrogens is 350 g/mol. The van der Waals surface area contributed by atoms with Crippen LogP contribution in [0.2, 0.25) is 0 Å². The van der Waals surface area contributed by atoms with E-state index in [9.17, 15) is 4.79 Å². The molecule has 0 bridgehead atoms. The van der Waals surface area contributed by atoms with E-state index < -0.39 is 6.10 Å². The van der Waals surface area contributed by atoms with Crippen molar-refractivity contribution in [1.29, 1.82) is 0 Å². The van der Waals surface area contributed by atoms with Crippen LogP contribution in [0.3, 0.4) is 0 Å². The summed E-state index contributed by atoms with van der Waals surface area (Å²) in [6.45, 7) is 12.2. The highest BCUT2D eigenvalue weighted by atomic mass is 16.5. The number of carbonyl (C=O) groups excluding carboxylic acids is 1. The number of benzene rings is 2. The van der Waals surface area contributed by atoms with Crippen molar-refractivity contribution in [2.24, 2.45) is 0 Å². The summed E-state index contributed by atoms with van der Waals surface area (Å²) in [5.74, 6) is 1.83. The number of nitrogens with one attached hydrogen (secondary N) is 1. The Kier molecular flexibility index (Phi) is 5.69. The van der Waals surface area contributed by atoms with Crippen LogP contribution in [0.4, 0.5) is 0 Å². The lowest BCUT2D eigenvalue weighted by Gasteiger charge is -2.38. The van der Waals surface area contributed by atoms with Gasteiger partial charge in [0.15, 0.2) is 6.10 Å². The zero-order valence-electron chi connectivity index (χ0n) is 17.7. The van der Waals surface area contributed by atoms with E-state index in [-0.39, 0.29) is 17.6 Å². The summed E-state index contributed by atoms with van der Waals surface area (Å²) in [6, 6.07) is 13.9. The molecule has 2 unspecified atom stereocenters. The Labute approximate surface area is 168 Å². The van der Waals surface area contributed by atoms with Crippen LogP contribution >= 0.6 is 0 Å². The molecular formula is C24H31NO3. The van der Waals surface area contributed by atoms with Gasteiger partial charge in [0.05, 0.1) is 6.04 Å². The summed E-state index contributed by atoms with van der Waals surface area (Å²) in [5.41, 5.74) is 2.93. The third-order valence-corrected chi connectivity index (χ3v) is 5.16. The van der Waals surface area contributed by atoms with Crippen LogP contribution in [-0.2, 0) is 4.79 Å². The van der Waals surface area contributed by atoms with E-state index in [2.05, 4.69) is 39.1 Å². The lowest BCUT2D eigenvalue weighted by atomic mass is 9.89. The number of carbonyl (C=O) groups is 1.